The topological polar surface area (TPSA) is 78.7 Å². The van der Waals surface area contributed by atoms with Gasteiger partial charge in [-0.25, -0.2) is 0 Å². The van der Waals surface area contributed by atoms with Crippen molar-refractivity contribution >= 4 is 17.4 Å². The van der Waals surface area contributed by atoms with E-state index >= 15 is 0 Å². The molecule has 26 heavy (non-hydrogen) atoms. The van der Waals surface area contributed by atoms with E-state index in [1.165, 1.54) is 18.2 Å². The van der Waals surface area contributed by atoms with Gasteiger partial charge in [0.15, 0.2) is 5.78 Å². The maximum atomic E-state index is 12.7. The number of rotatable bonds is 7. The van der Waals surface area contributed by atoms with Crippen molar-refractivity contribution in [2.45, 2.75) is 6.18 Å². The van der Waals surface area contributed by atoms with E-state index in [-0.39, 0.29) is 22.1 Å². The third-order valence-corrected chi connectivity index (χ3v) is 3.39. The molecule has 0 unspecified atom stereocenters. The van der Waals surface area contributed by atoms with E-state index in [1.807, 2.05) is 0 Å². The summed E-state index contributed by atoms with van der Waals surface area (Å²) < 4.78 is 48.1. The van der Waals surface area contributed by atoms with E-state index in [0.29, 0.717) is 6.07 Å². The zero-order valence-electron chi connectivity index (χ0n) is 13.0. The van der Waals surface area contributed by atoms with Crippen LogP contribution < -0.4 is 4.74 Å². The van der Waals surface area contributed by atoms with Gasteiger partial charge >= 0.3 is 12.9 Å². The predicted molar refractivity (Wildman–Crippen MR) is 85.1 cm³/mol. The molecule has 0 radical (unpaired) electrons. The van der Waals surface area contributed by atoms with Gasteiger partial charge in [-0.1, -0.05) is 23.7 Å². The molecule has 0 N–H and O–H groups in total. The number of hydrogen-bond donors (Lipinski definition) is 0. The molecule has 0 aliphatic carbocycles. The summed E-state index contributed by atoms with van der Waals surface area (Å²) in [5, 5.41) is 9.93. The lowest BCUT2D eigenvalue weighted by Gasteiger charge is -2.13. The molecule has 0 spiro atoms. The fraction of sp³-hybridized carbons (Fsp3) is 0.188. The smallest absolute Gasteiger partial charge is 0.416 e. The predicted octanol–water partition coefficient (Wildman–Crippen LogP) is 4.58. The molecule has 0 bridgehead atoms. The Bertz CT molecular complexity index is 826. The Kier molecular flexibility index (Phi) is 6.17. The Balaban J connectivity index is 2.20. The first-order valence-corrected chi connectivity index (χ1v) is 7.42. The molecule has 10 heteroatoms. The highest BCUT2D eigenvalue weighted by Gasteiger charge is 2.31. The van der Waals surface area contributed by atoms with Crippen molar-refractivity contribution in [1.82, 2.24) is 0 Å². The van der Waals surface area contributed by atoms with Crippen LogP contribution in [0.25, 0.3) is 0 Å². The van der Waals surface area contributed by atoms with Crippen molar-refractivity contribution in [1.29, 1.82) is 0 Å². The minimum absolute atomic E-state index is 0.0314. The highest BCUT2D eigenvalue weighted by atomic mass is 35.5. The third-order valence-electron chi connectivity index (χ3n) is 3.10. The maximum absolute atomic E-state index is 12.7. The lowest BCUT2D eigenvalue weighted by molar-refractivity contribution is -0.525. The van der Waals surface area contributed by atoms with Crippen molar-refractivity contribution < 1.29 is 32.4 Å². The van der Waals surface area contributed by atoms with E-state index in [4.69, 9.17) is 16.3 Å². The van der Waals surface area contributed by atoms with Crippen LogP contribution in [0.1, 0.15) is 15.9 Å². The SMILES string of the molecule is O=C(COC[N+](=O)[O-])c1ccccc1Oc1ccc(C(F)(F)F)cc1Cl. The number of carbonyl (C=O) groups excluding carboxylic acids is 1. The monoisotopic (exact) mass is 389 g/mol. The second-order valence-corrected chi connectivity index (χ2v) is 5.38. The van der Waals surface area contributed by atoms with Gasteiger partial charge in [0.2, 0.25) is 0 Å². The molecule has 0 saturated carbocycles. The number of halogens is 4. The highest BCUT2D eigenvalue weighted by Crippen LogP contribution is 2.37. The third kappa shape index (κ3) is 5.17. The summed E-state index contributed by atoms with van der Waals surface area (Å²) in [5.41, 5.74) is -0.890. The summed E-state index contributed by atoms with van der Waals surface area (Å²) >= 11 is 5.83. The quantitative estimate of drug-likeness (QED) is 0.299. The molecule has 0 heterocycles. The van der Waals surface area contributed by atoms with Gasteiger partial charge in [0.1, 0.15) is 18.1 Å². The zero-order chi connectivity index (χ0) is 19.3. The van der Waals surface area contributed by atoms with E-state index < -0.39 is 35.8 Å². The fourth-order valence-electron chi connectivity index (χ4n) is 1.96. The van der Waals surface area contributed by atoms with Crippen LogP contribution in [-0.4, -0.2) is 24.0 Å². The number of nitrogens with zero attached hydrogens (tertiary/aromatic N) is 1. The number of alkyl halides is 3. The lowest BCUT2D eigenvalue weighted by Crippen LogP contribution is -2.14. The van der Waals surface area contributed by atoms with Gasteiger partial charge in [-0.2, -0.15) is 13.2 Å². The van der Waals surface area contributed by atoms with Gasteiger partial charge in [0, 0.05) is 4.92 Å². The number of hydrogen-bond acceptors (Lipinski definition) is 5. The minimum atomic E-state index is -4.55. The number of Topliss-reactive ketones (excluding diaryl/α,β-unsaturated/α-hetero) is 1. The van der Waals surface area contributed by atoms with Gasteiger partial charge < -0.3 is 9.47 Å². The minimum Gasteiger partial charge on any atom is -0.455 e. The summed E-state index contributed by atoms with van der Waals surface area (Å²) in [6.45, 7) is -1.39. The molecular weight excluding hydrogens is 379 g/mol. The Labute approximate surface area is 150 Å². The molecule has 0 atom stereocenters. The summed E-state index contributed by atoms with van der Waals surface area (Å²) in [7, 11) is 0. The molecule has 0 amide bonds. The van der Waals surface area contributed by atoms with Crippen LogP contribution in [0.4, 0.5) is 13.2 Å². The molecular formula is C16H11ClF3NO5. The van der Waals surface area contributed by atoms with Crippen LogP contribution in [0.5, 0.6) is 11.5 Å². The molecule has 2 aromatic rings. The van der Waals surface area contributed by atoms with Crippen LogP contribution in [0.2, 0.25) is 5.02 Å². The van der Waals surface area contributed by atoms with Crippen molar-refractivity contribution in [3.8, 4) is 11.5 Å². The van der Waals surface area contributed by atoms with E-state index in [2.05, 4.69) is 4.74 Å². The van der Waals surface area contributed by atoms with Crippen molar-refractivity contribution in [3.05, 3.63) is 68.7 Å². The zero-order valence-corrected chi connectivity index (χ0v) is 13.7. The first-order valence-electron chi connectivity index (χ1n) is 7.05. The number of para-hydroxylation sites is 1. The summed E-state index contributed by atoms with van der Waals surface area (Å²) in [5.74, 6) is -0.638. The average molecular weight is 390 g/mol. The molecule has 6 nitrogen and oxygen atoms in total. The van der Waals surface area contributed by atoms with Gasteiger partial charge in [0.05, 0.1) is 16.1 Å². The van der Waals surface area contributed by atoms with Crippen LogP contribution in [0.15, 0.2) is 42.5 Å². The molecule has 2 aromatic carbocycles. The Morgan fingerprint density at radius 3 is 2.46 bits per heavy atom. The number of carbonyl (C=O) groups is 1. The van der Waals surface area contributed by atoms with Crippen LogP contribution in [-0.2, 0) is 10.9 Å². The number of ether oxygens (including phenoxy) is 2. The van der Waals surface area contributed by atoms with Crippen molar-refractivity contribution in [2.75, 3.05) is 13.3 Å². The molecule has 0 aliphatic rings. The standard InChI is InChI=1S/C16H11ClF3NO5/c17-12-7-10(16(18,19)20)5-6-15(12)26-14-4-2-1-3-11(14)13(22)8-25-9-21(23)24/h1-7H,8-9H2. The molecule has 0 aromatic heterocycles. The summed E-state index contributed by atoms with van der Waals surface area (Å²) in [6.07, 6.45) is -4.55. The van der Waals surface area contributed by atoms with Crippen molar-refractivity contribution in [2.24, 2.45) is 0 Å². The van der Waals surface area contributed by atoms with E-state index in [9.17, 15) is 28.1 Å². The first-order chi connectivity index (χ1) is 12.2. The van der Waals surface area contributed by atoms with Gasteiger partial charge in [-0.15, -0.1) is 0 Å². The fourth-order valence-corrected chi connectivity index (χ4v) is 2.17. The Hall–Kier alpha value is -2.65. The molecule has 2 rings (SSSR count). The largest absolute Gasteiger partial charge is 0.455 e. The van der Waals surface area contributed by atoms with Crippen molar-refractivity contribution in [3.63, 3.8) is 0 Å². The van der Waals surface area contributed by atoms with E-state index in [0.717, 1.165) is 12.1 Å². The Morgan fingerprint density at radius 2 is 1.85 bits per heavy atom. The molecule has 0 saturated heterocycles. The summed E-state index contributed by atoms with van der Waals surface area (Å²) in [6, 6.07) is 8.42. The van der Waals surface area contributed by atoms with E-state index in [1.54, 1.807) is 6.07 Å². The molecule has 138 valence electrons. The average Bonchev–Trinajstić information content (AvgIpc) is 2.55. The number of ketones is 1. The number of nitro groups is 1. The lowest BCUT2D eigenvalue weighted by atomic mass is 10.1. The second-order valence-electron chi connectivity index (χ2n) is 4.97. The van der Waals surface area contributed by atoms with Gasteiger partial charge in [-0.3, -0.25) is 14.9 Å². The van der Waals surface area contributed by atoms with Crippen LogP contribution in [0.3, 0.4) is 0 Å². The normalized spacial score (nSPS) is 11.2. The van der Waals surface area contributed by atoms with Crippen LogP contribution >= 0.6 is 11.6 Å². The maximum Gasteiger partial charge on any atom is 0.416 e. The highest BCUT2D eigenvalue weighted by molar-refractivity contribution is 6.32. The van der Waals surface area contributed by atoms with Gasteiger partial charge in [0.25, 0.3) is 0 Å². The second kappa shape index (κ2) is 8.15. The molecule has 0 fully saturated rings. The summed E-state index contributed by atoms with van der Waals surface area (Å²) in [4.78, 5) is 21.6. The number of benzene rings is 2. The van der Waals surface area contributed by atoms with Gasteiger partial charge in [-0.05, 0) is 30.3 Å². The van der Waals surface area contributed by atoms with Crippen LogP contribution in [0, 0.1) is 10.1 Å². The molecule has 0 aliphatic heterocycles. The Morgan fingerprint density at radius 1 is 1.15 bits per heavy atom. The first kappa shape index (κ1) is 19.7.